The van der Waals surface area contributed by atoms with Gasteiger partial charge in [0.25, 0.3) is 0 Å². The van der Waals surface area contributed by atoms with Gasteiger partial charge in [-0.3, -0.25) is 0 Å². The summed E-state index contributed by atoms with van der Waals surface area (Å²) in [5.41, 5.74) is 1.74. The van der Waals surface area contributed by atoms with Gasteiger partial charge in [-0.05, 0) is 34.9 Å². The predicted molar refractivity (Wildman–Crippen MR) is 71.5 cm³/mol. The maximum absolute atomic E-state index is 5.85. The maximum atomic E-state index is 5.85. The summed E-state index contributed by atoms with van der Waals surface area (Å²) in [6, 6.07) is 8.01. The van der Waals surface area contributed by atoms with E-state index in [1.54, 1.807) is 0 Å². The third-order valence-electron chi connectivity index (χ3n) is 3.94. The number of hydrogen-bond donors (Lipinski definition) is 0. The Bertz CT molecular complexity index is 386. The van der Waals surface area contributed by atoms with Crippen molar-refractivity contribution in [1.29, 1.82) is 0 Å². The van der Waals surface area contributed by atoms with Crippen LogP contribution in [0.4, 0.5) is 0 Å². The summed E-state index contributed by atoms with van der Waals surface area (Å²) < 4.78 is 0. The molecule has 16 heavy (non-hydrogen) atoms. The first-order valence-electron chi connectivity index (χ1n) is 5.99. The first kappa shape index (κ1) is 11.7. The Morgan fingerprint density at radius 1 is 1.25 bits per heavy atom. The second-order valence-electron chi connectivity index (χ2n) is 5.27. The Morgan fingerprint density at radius 2 is 1.88 bits per heavy atom. The van der Waals surface area contributed by atoms with Crippen LogP contribution in [0.5, 0.6) is 0 Å². The molecule has 0 saturated heterocycles. The van der Waals surface area contributed by atoms with E-state index in [1.165, 1.54) is 12.0 Å². The Labute approximate surface area is 103 Å². The van der Waals surface area contributed by atoms with E-state index in [9.17, 15) is 0 Å². The van der Waals surface area contributed by atoms with Crippen molar-refractivity contribution in [3.63, 3.8) is 0 Å². The summed E-state index contributed by atoms with van der Waals surface area (Å²) in [5, 5.41) is 0.801. The number of halogens is 1. The molecule has 0 heterocycles. The second kappa shape index (κ2) is 4.25. The third-order valence-corrected chi connectivity index (χ3v) is 4.20. The lowest BCUT2D eigenvalue weighted by Crippen LogP contribution is -1.88. The van der Waals surface area contributed by atoms with Crippen molar-refractivity contribution in [3.05, 3.63) is 40.9 Å². The largest absolute Gasteiger partial charge is 0.0843 e. The second-order valence-corrected chi connectivity index (χ2v) is 5.71. The molecular formula is C15H19Cl. The zero-order valence-corrected chi connectivity index (χ0v) is 11.0. The van der Waals surface area contributed by atoms with E-state index in [1.807, 2.05) is 12.1 Å². The summed E-state index contributed by atoms with van der Waals surface area (Å²) in [4.78, 5) is 0. The lowest BCUT2D eigenvalue weighted by Gasteiger charge is -1.97. The van der Waals surface area contributed by atoms with Crippen LogP contribution in [-0.2, 0) is 0 Å². The minimum atomic E-state index is 0.498. The van der Waals surface area contributed by atoms with Gasteiger partial charge in [0.2, 0.25) is 0 Å². The minimum Gasteiger partial charge on any atom is -0.0843 e. The molecule has 1 aliphatic carbocycles. The van der Waals surface area contributed by atoms with E-state index in [0.717, 1.165) is 16.9 Å². The quantitative estimate of drug-likeness (QED) is 0.688. The van der Waals surface area contributed by atoms with Crippen LogP contribution in [0.2, 0.25) is 5.02 Å². The number of benzene rings is 1. The molecule has 2 atom stereocenters. The summed E-state index contributed by atoms with van der Waals surface area (Å²) in [5.74, 6) is 1.60. The zero-order chi connectivity index (χ0) is 11.8. The van der Waals surface area contributed by atoms with Gasteiger partial charge in [0.05, 0.1) is 0 Å². The van der Waals surface area contributed by atoms with E-state index in [4.69, 9.17) is 11.6 Å². The maximum Gasteiger partial charge on any atom is 0.0406 e. The van der Waals surface area contributed by atoms with Gasteiger partial charge in [0.15, 0.2) is 0 Å². The average Bonchev–Trinajstić information content (AvgIpc) is 2.79. The summed E-state index contributed by atoms with van der Waals surface area (Å²) in [7, 11) is 0. The number of rotatable bonds is 3. The van der Waals surface area contributed by atoms with Crippen LogP contribution in [0, 0.1) is 17.3 Å². The molecule has 0 radical (unpaired) electrons. The molecule has 86 valence electrons. The molecule has 1 saturated carbocycles. The molecule has 1 aromatic carbocycles. The van der Waals surface area contributed by atoms with Gasteiger partial charge in [0.1, 0.15) is 0 Å². The van der Waals surface area contributed by atoms with Crippen LogP contribution in [0.1, 0.15) is 32.8 Å². The first-order valence-corrected chi connectivity index (χ1v) is 6.37. The van der Waals surface area contributed by atoms with Crippen molar-refractivity contribution in [2.24, 2.45) is 17.3 Å². The molecular weight excluding hydrogens is 216 g/mol. The van der Waals surface area contributed by atoms with Gasteiger partial charge in [-0.15, -0.1) is 0 Å². The van der Waals surface area contributed by atoms with Gasteiger partial charge in [-0.2, -0.15) is 0 Å². The van der Waals surface area contributed by atoms with Crippen LogP contribution < -0.4 is 0 Å². The molecule has 0 bridgehead atoms. The van der Waals surface area contributed by atoms with Crippen molar-refractivity contribution in [2.75, 3.05) is 0 Å². The van der Waals surface area contributed by atoms with E-state index in [2.05, 4.69) is 45.1 Å². The predicted octanol–water partition coefficient (Wildman–Crippen LogP) is 5.04. The zero-order valence-electron chi connectivity index (χ0n) is 10.2. The smallest absolute Gasteiger partial charge is 0.0406 e. The molecule has 0 amide bonds. The Kier molecular flexibility index (Phi) is 3.12. The van der Waals surface area contributed by atoms with Crippen LogP contribution in [0.25, 0.3) is 6.08 Å². The van der Waals surface area contributed by atoms with Gasteiger partial charge in [-0.25, -0.2) is 0 Å². The molecule has 1 aliphatic rings. The molecule has 0 N–H and O–H groups in total. The van der Waals surface area contributed by atoms with Crippen LogP contribution in [0.3, 0.4) is 0 Å². The molecule has 0 aliphatic heterocycles. The van der Waals surface area contributed by atoms with Gasteiger partial charge in [0, 0.05) is 5.02 Å². The van der Waals surface area contributed by atoms with Gasteiger partial charge in [-0.1, -0.05) is 63.1 Å². The lowest BCUT2D eigenvalue weighted by atomic mass is 10.1. The number of allylic oxidation sites excluding steroid dienone is 1. The van der Waals surface area contributed by atoms with Crippen molar-refractivity contribution in [2.45, 2.75) is 27.2 Å². The summed E-state index contributed by atoms with van der Waals surface area (Å²) in [6.45, 7) is 7.00. The molecule has 0 nitrogen and oxygen atoms in total. The highest BCUT2D eigenvalue weighted by Gasteiger charge is 2.54. The van der Waals surface area contributed by atoms with E-state index < -0.39 is 0 Å². The fraction of sp³-hybridized carbons (Fsp3) is 0.467. The third kappa shape index (κ3) is 2.17. The topological polar surface area (TPSA) is 0 Å². The van der Waals surface area contributed by atoms with Crippen molar-refractivity contribution < 1.29 is 0 Å². The molecule has 0 aromatic heterocycles. The van der Waals surface area contributed by atoms with E-state index in [0.29, 0.717) is 5.41 Å². The average molecular weight is 235 g/mol. The molecule has 2 rings (SSSR count). The van der Waals surface area contributed by atoms with Crippen LogP contribution >= 0.6 is 11.6 Å². The standard InChI is InChI=1S/C15H19Cl/c1-4-13-14(15(13,2)3)10-7-11-5-8-12(16)9-6-11/h5-10,13-14H,4H2,1-3H3. The molecule has 2 unspecified atom stereocenters. The first-order chi connectivity index (χ1) is 7.55. The highest BCUT2D eigenvalue weighted by atomic mass is 35.5. The molecule has 1 fully saturated rings. The molecule has 1 aromatic rings. The highest BCUT2D eigenvalue weighted by molar-refractivity contribution is 6.30. The number of hydrogen-bond acceptors (Lipinski definition) is 0. The normalized spacial score (nSPS) is 27.2. The van der Waals surface area contributed by atoms with E-state index in [-0.39, 0.29) is 0 Å². The molecule has 1 heteroatoms. The molecule has 0 spiro atoms. The lowest BCUT2D eigenvalue weighted by molar-refractivity contribution is 0.543. The minimum absolute atomic E-state index is 0.498. The summed E-state index contributed by atoms with van der Waals surface area (Å²) >= 11 is 5.85. The monoisotopic (exact) mass is 234 g/mol. The fourth-order valence-electron chi connectivity index (χ4n) is 2.74. The fourth-order valence-corrected chi connectivity index (χ4v) is 2.86. The Morgan fingerprint density at radius 3 is 2.38 bits per heavy atom. The van der Waals surface area contributed by atoms with Crippen molar-refractivity contribution in [3.8, 4) is 0 Å². The Hall–Kier alpha value is -0.750. The van der Waals surface area contributed by atoms with Gasteiger partial charge < -0.3 is 0 Å². The SMILES string of the molecule is CCC1C(C=Cc2ccc(Cl)cc2)C1(C)C. The highest BCUT2D eigenvalue weighted by Crippen LogP contribution is 2.60. The van der Waals surface area contributed by atoms with E-state index >= 15 is 0 Å². The van der Waals surface area contributed by atoms with Crippen molar-refractivity contribution in [1.82, 2.24) is 0 Å². The van der Waals surface area contributed by atoms with Crippen LogP contribution in [0.15, 0.2) is 30.3 Å². The Balaban J connectivity index is 2.03. The van der Waals surface area contributed by atoms with Crippen molar-refractivity contribution >= 4 is 17.7 Å². The van der Waals surface area contributed by atoms with Crippen LogP contribution in [-0.4, -0.2) is 0 Å². The summed E-state index contributed by atoms with van der Waals surface area (Å²) in [6.07, 6.45) is 5.86. The van der Waals surface area contributed by atoms with Gasteiger partial charge >= 0.3 is 0 Å².